The molecule has 0 unspecified atom stereocenters. The van der Waals surface area contributed by atoms with Crippen molar-refractivity contribution in [1.29, 1.82) is 0 Å². The fourth-order valence-corrected chi connectivity index (χ4v) is 2.81. The van der Waals surface area contributed by atoms with Crippen molar-refractivity contribution in [1.82, 2.24) is 0 Å². The number of benzene rings is 2. The van der Waals surface area contributed by atoms with E-state index in [2.05, 4.69) is 20.9 Å². The maximum absolute atomic E-state index is 12.0. The predicted molar refractivity (Wildman–Crippen MR) is 99.5 cm³/mol. The van der Waals surface area contributed by atoms with Crippen molar-refractivity contribution >= 4 is 56.8 Å². The van der Waals surface area contributed by atoms with Gasteiger partial charge >= 0.3 is 5.97 Å². The third-order valence-electron chi connectivity index (χ3n) is 3.48. The smallest absolute Gasteiger partial charge is 0.363 e. The molecule has 1 aliphatic rings. The van der Waals surface area contributed by atoms with Gasteiger partial charge in [0.05, 0.1) is 14.3 Å². The molecule has 2 aromatic carbocycles. The topological polar surface area (TPSA) is 125 Å². The summed E-state index contributed by atoms with van der Waals surface area (Å²) < 4.78 is 5.34. The van der Waals surface area contributed by atoms with Crippen LogP contribution >= 0.6 is 27.5 Å². The zero-order valence-corrected chi connectivity index (χ0v) is 15.4. The molecule has 0 saturated carbocycles. The molecule has 0 aromatic heterocycles. The number of carbonyl (C=O) groups is 1. The lowest BCUT2D eigenvalue weighted by Gasteiger charge is -2.00. The molecule has 2 aromatic rings. The largest absolute Gasteiger partial charge is 0.402 e. The Balaban J connectivity index is 1.99. The summed E-state index contributed by atoms with van der Waals surface area (Å²) in [5.74, 6) is -0.911. The summed E-state index contributed by atoms with van der Waals surface area (Å²) in [5.41, 5.74) is -0.0603. The highest BCUT2D eigenvalue weighted by molar-refractivity contribution is 9.10. The number of nitro groups is 2. The van der Waals surface area contributed by atoms with Gasteiger partial charge in [-0.1, -0.05) is 17.7 Å². The first kappa shape index (κ1) is 18.7. The van der Waals surface area contributed by atoms with Gasteiger partial charge in [-0.3, -0.25) is 20.2 Å². The molecule has 27 heavy (non-hydrogen) atoms. The van der Waals surface area contributed by atoms with Gasteiger partial charge in [-0.2, -0.15) is 0 Å². The summed E-state index contributed by atoms with van der Waals surface area (Å²) in [6.45, 7) is 0. The molecule has 1 heterocycles. The van der Waals surface area contributed by atoms with Crippen molar-refractivity contribution in [3.8, 4) is 0 Å². The van der Waals surface area contributed by atoms with E-state index in [0.717, 1.165) is 6.07 Å². The molecule has 0 atom stereocenters. The van der Waals surface area contributed by atoms with Crippen LogP contribution < -0.4 is 0 Å². The minimum absolute atomic E-state index is 0.0633. The molecule has 0 aliphatic carbocycles. The average molecular weight is 453 g/mol. The second kappa shape index (κ2) is 7.25. The van der Waals surface area contributed by atoms with Gasteiger partial charge in [0.25, 0.3) is 11.4 Å². The number of aliphatic imine (C=N–C) groups is 1. The predicted octanol–water partition coefficient (Wildman–Crippen LogP) is 4.26. The molecule has 11 heteroatoms. The van der Waals surface area contributed by atoms with Gasteiger partial charge in [-0.05, 0) is 45.8 Å². The van der Waals surface area contributed by atoms with E-state index in [0.29, 0.717) is 10.0 Å². The molecule has 0 amide bonds. The molecule has 0 N–H and O–H groups in total. The van der Waals surface area contributed by atoms with Crippen LogP contribution in [0.5, 0.6) is 0 Å². The molecule has 0 spiro atoms. The second-order valence-electron chi connectivity index (χ2n) is 5.23. The van der Waals surface area contributed by atoms with Crippen molar-refractivity contribution < 1.29 is 19.4 Å². The number of esters is 1. The van der Waals surface area contributed by atoms with Gasteiger partial charge < -0.3 is 4.74 Å². The number of hydrogen-bond donors (Lipinski definition) is 0. The molecule has 0 fully saturated rings. The Morgan fingerprint density at radius 3 is 2.44 bits per heavy atom. The zero-order valence-electron chi connectivity index (χ0n) is 13.1. The molecule has 136 valence electrons. The Morgan fingerprint density at radius 2 is 1.78 bits per heavy atom. The Kier molecular flexibility index (Phi) is 5.02. The molecule has 0 bridgehead atoms. The normalized spacial score (nSPS) is 14.8. The minimum atomic E-state index is -0.784. The van der Waals surface area contributed by atoms with Gasteiger partial charge in [0.15, 0.2) is 5.70 Å². The number of rotatable bonds is 4. The van der Waals surface area contributed by atoms with Gasteiger partial charge in [0.2, 0.25) is 5.90 Å². The highest BCUT2D eigenvalue weighted by Crippen LogP contribution is 2.29. The highest BCUT2D eigenvalue weighted by atomic mass is 79.9. The molecule has 0 radical (unpaired) electrons. The van der Waals surface area contributed by atoms with Crippen molar-refractivity contribution in [3.05, 3.63) is 82.9 Å². The fourth-order valence-electron chi connectivity index (χ4n) is 2.24. The van der Waals surface area contributed by atoms with E-state index >= 15 is 0 Å². The summed E-state index contributed by atoms with van der Waals surface area (Å²) in [5, 5.41) is 21.9. The number of carbonyl (C=O) groups excluding carboxylic acids is 1. The summed E-state index contributed by atoms with van der Waals surface area (Å²) in [6.07, 6.45) is 1.32. The van der Waals surface area contributed by atoms with Crippen LogP contribution in [-0.4, -0.2) is 21.7 Å². The Labute approximate surface area is 164 Å². The zero-order chi connectivity index (χ0) is 19.7. The summed E-state index contributed by atoms with van der Waals surface area (Å²) in [7, 11) is 0. The average Bonchev–Trinajstić information content (AvgIpc) is 2.97. The van der Waals surface area contributed by atoms with Gasteiger partial charge in [0, 0.05) is 17.7 Å². The van der Waals surface area contributed by atoms with Crippen molar-refractivity contribution in [2.24, 2.45) is 4.99 Å². The SMILES string of the molecule is O=C1OC(c2ccc(Cl)c([N+](=O)[O-])c2)=N/C1=C\c1ccc(Br)c([N+](=O)[O-])c1. The number of nitrogens with zero attached hydrogens (tertiary/aromatic N) is 3. The van der Waals surface area contributed by atoms with Crippen molar-refractivity contribution in [2.45, 2.75) is 0 Å². The molecule has 1 aliphatic heterocycles. The van der Waals surface area contributed by atoms with Gasteiger partial charge in [-0.15, -0.1) is 0 Å². The number of nitro benzene ring substituents is 2. The maximum atomic E-state index is 12.0. The monoisotopic (exact) mass is 451 g/mol. The Bertz CT molecular complexity index is 1070. The van der Waals surface area contributed by atoms with E-state index in [9.17, 15) is 25.0 Å². The van der Waals surface area contributed by atoms with E-state index in [4.69, 9.17) is 16.3 Å². The van der Waals surface area contributed by atoms with E-state index in [1.54, 1.807) is 6.07 Å². The molecular formula is C16H7BrClN3O6. The maximum Gasteiger partial charge on any atom is 0.363 e. The van der Waals surface area contributed by atoms with Crippen LogP contribution in [0.4, 0.5) is 11.4 Å². The number of ether oxygens (including phenoxy) is 1. The van der Waals surface area contributed by atoms with Crippen LogP contribution in [0.2, 0.25) is 5.02 Å². The fraction of sp³-hybridized carbons (Fsp3) is 0. The second-order valence-corrected chi connectivity index (χ2v) is 6.49. The molecule has 3 rings (SSSR count). The van der Waals surface area contributed by atoms with E-state index in [1.807, 2.05) is 0 Å². The summed E-state index contributed by atoms with van der Waals surface area (Å²) >= 11 is 8.83. The lowest BCUT2D eigenvalue weighted by Crippen LogP contribution is -2.06. The van der Waals surface area contributed by atoms with Crippen LogP contribution in [-0.2, 0) is 9.53 Å². The number of hydrogen-bond acceptors (Lipinski definition) is 7. The standard InChI is InChI=1S/C16H7BrClN3O6/c17-10-3-1-8(6-13(10)20(23)24)5-12-16(22)27-15(19-12)9-2-4-11(18)14(7-9)21(25)26/h1-7H/b12-5-. The molecular weight excluding hydrogens is 446 g/mol. The Hall–Kier alpha value is -3.11. The number of halogens is 2. The number of cyclic esters (lactones) is 1. The van der Waals surface area contributed by atoms with Crippen LogP contribution in [0.3, 0.4) is 0 Å². The van der Waals surface area contributed by atoms with E-state index in [1.165, 1.54) is 30.3 Å². The van der Waals surface area contributed by atoms with Crippen molar-refractivity contribution in [3.63, 3.8) is 0 Å². The van der Waals surface area contributed by atoms with Crippen LogP contribution in [0, 0.1) is 20.2 Å². The third-order valence-corrected chi connectivity index (χ3v) is 4.47. The Morgan fingerprint density at radius 1 is 1.07 bits per heavy atom. The third kappa shape index (κ3) is 3.86. The van der Waals surface area contributed by atoms with Gasteiger partial charge in [0.1, 0.15) is 5.02 Å². The quantitative estimate of drug-likeness (QED) is 0.295. The van der Waals surface area contributed by atoms with Crippen molar-refractivity contribution in [2.75, 3.05) is 0 Å². The highest BCUT2D eigenvalue weighted by Gasteiger charge is 2.26. The first-order valence-electron chi connectivity index (χ1n) is 7.17. The van der Waals surface area contributed by atoms with E-state index in [-0.39, 0.29) is 33.6 Å². The van der Waals surface area contributed by atoms with Crippen LogP contribution in [0.15, 0.2) is 51.6 Å². The van der Waals surface area contributed by atoms with Crippen LogP contribution in [0.25, 0.3) is 6.08 Å². The molecule has 9 nitrogen and oxygen atoms in total. The lowest BCUT2D eigenvalue weighted by molar-refractivity contribution is -0.385. The summed E-state index contributed by atoms with van der Waals surface area (Å²) in [6, 6.07) is 8.16. The first-order valence-corrected chi connectivity index (χ1v) is 8.34. The first-order chi connectivity index (χ1) is 12.8. The summed E-state index contributed by atoms with van der Waals surface area (Å²) in [4.78, 5) is 36.8. The van der Waals surface area contributed by atoms with E-state index < -0.39 is 15.8 Å². The van der Waals surface area contributed by atoms with Crippen LogP contribution in [0.1, 0.15) is 11.1 Å². The van der Waals surface area contributed by atoms with Gasteiger partial charge in [-0.25, -0.2) is 9.79 Å². The lowest BCUT2D eigenvalue weighted by atomic mass is 10.1. The molecule has 0 saturated heterocycles. The minimum Gasteiger partial charge on any atom is -0.402 e.